The molecule has 170 valence electrons. The highest BCUT2D eigenvalue weighted by Crippen LogP contribution is 2.40. The number of alkyl halides is 3. The number of nitrogens with one attached hydrogen (secondary N) is 1. The van der Waals surface area contributed by atoms with E-state index in [0.717, 1.165) is 37.8 Å². The van der Waals surface area contributed by atoms with Gasteiger partial charge in [-0.3, -0.25) is 4.79 Å². The number of alkyl carbamates (subject to hydrolysis) is 1. The van der Waals surface area contributed by atoms with Gasteiger partial charge in [0.05, 0.1) is 18.2 Å². The third kappa shape index (κ3) is 4.51. The van der Waals surface area contributed by atoms with E-state index in [4.69, 9.17) is 14.2 Å². The Bertz CT molecular complexity index is 1020. The number of methoxy groups -OCH3 is 1. The summed E-state index contributed by atoms with van der Waals surface area (Å²) in [6.07, 6.45) is -4.48. The maximum Gasteiger partial charge on any atom is 0.416 e. The smallest absolute Gasteiger partial charge is 0.416 e. The molecule has 0 radical (unpaired) electrons. The summed E-state index contributed by atoms with van der Waals surface area (Å²) in [5.41, 5.74) is -0.662. The Hall–Kier alpha value is -3.23. The Labute approximate surface area is 182 Å². The molecule has 4 rings (SSSR count). The van der Waals surface area contributed by atoms with Crippen molar-refractivity contribution in [1.29, 1.82) is 0 Å². The van der Waals surface area contributed by atoms with Crippen LogP contribution in [0.3, 0.4) is 0 Å². The fourth-order valence-corrected chi connectivity index (χ4v) is 4.06. The number of ketones is 1. The van der Waals surface area contributed by atoms with Gasteiger partial charge in [0.1, 0.15) is 11.5 Å². The summed E-state index contributed by atoms with van der Waals surface area (Å²) in [6, 6.07) is 8.91. The van der Waals surface area contributed by atoms with Gasteiger partial charge in [-0.05, 0) is 42.7 Å². The van der Waals surface area contributed by atoms with Crippen LogP contribution in [0.15, 0.2) is 42.5 Å². The van der Waals surface area contributed by atoms with Gasteiger partial charge in [0.25, 0.3) is 0 Å². The van der Waals surface area contributed by atoms with Crippen molar-refractivity contribution in [1.82, 2.24) is 5.32 Å². The van der Waals surface area contributed by atoms with Gasteiger partial charge in [-0.1, -0.05) is 25.0 Å². The molecule has 2 atom stereocenters. The summed E-state index contributed by atoms with van der Waals surface area (Å²) in [4.78, 5) is 25.7. The lowest BCUT2D eigenvalue weighted by atomic mass is 9.92. The van der Waals surface area contributed by atoms with Crippen molar-refractivity contribution in [3.05, 3.63) is 59.2 Å². The highest BCUT2D eigenvalue weighted by atomic mass is 19.4. The number of fused-ring (bicyclic) bond motifs is 1. The van der Waals surface area contributed by atoms with Gasteiger partial charge in [-0.25, -0.2) is 4.79 Å². The molecule has 2 aliphatic rings. The molecule has 1 unspecified atom stereocenters. The van der Waals surface area contributed by atoms with Crippen molar-refractivity contribution in [2.45, 2.75) is 50.1 Å². The van der Waals surface area contributed by atoms with Gasteiger partial charge >= 0.3 is 12.3 Å². The van der Waals surface area contributed by atoms with Crippen LogP contribution in [0.25, 0.3) is 0 Å². The molecule has 0 aromatic heterocycles. The number of amides is 1. The summed E-state index contributed by atoms with van der Waals surface area (Å²) in [6.45, 7) is 0. The van der Waals surface area contributed by atoms with Gasteiger partial charge in [-0.15, -0.1) is 0 Å². The molecule has 1 heterocycles. The van der Waals surface area contributed by atoms with Crippen LogP contribution < -0.4 is 14.8 Å². The number of ether oxygens (including phenoxy) is 3. The number of rotatable bonds is 4. The summed E-state index contributed by atoms with van der Waals surface area (Å²) in [5, 5.41) is 2.73. The second-order valence-electron chi connectivity index (χ2n) is 7.84. The van der Waals surface area contributed by atoms with Gasteiger partial charge in [0.15, 0.2) is 6.10 Å². The maximum absolute atomic E-state index is 13.3. The molecule has 2 aromatic carbocycles. The van der Waals surface area contributed by atoms with Crippen LogP contribution in [0.5, 0.6) is 11.5 Å². The van der Waals surface area contributed by atoms with Crippen molar-refractivity contribution < 1.29 is 37.0 Å². The first-order valence-electron chi connectivity index (χ1n) is 10.3. The van der Waals surface area contributed by atoms with E-state index in [1.807, 2.05) is 0 Å². The number of benzene rings is 2. The van der Waals surface area contributed by atoms with Crippen LogP contribution in [0.4, 0.5) is 18.0 Å². The molecule has 1 N–H and O–H groups in total. The minimum atomic E-state index is -4.58. The van der Waals surface area contributed by atoms with Crippen LogP contribution in [0, 0.1) is 0 Å². The molecule has 32 heavy (non-hydrogen) atoms. The minimum Gasteiger partial charge on any atom is -0.497 e. The van der Waals surface area contributed by atoms with Gasteiger partial charge in [-0.2, -0.15) is 13.2 Å². The van der Waals surface area contributed by atoms with Gasteiger partial charge in [0, 0.05) is 12.1 Å². The zero-order valence-electron chi connectivity index (χ0n) is 17.3. The predicted molar refractivity (Wildman–Crippen MR) is 108 cm³/mol. The van der Waals surface area contributed by atoms with Gasteiger partial charge in [0.2, 0.25) is 11.9 Å². The van der Waals surface area contributed by atoms with Crippen molar-refractivity contribution in [2.24, 2.45) is 0 Å². The van der Waals surface area contributed by atoms with Gasteiger partial charge < -0.3 is 19.5 Å². The molecule has 0 bridgehead atoms. The zero-order chi connectivity index (χ0) is 22.9. The Kier molecular flexibility index (Phi) is 5.99. The first kappa shape index (κ1) is 22.0. The average Bonchev–Trinajstić information content (AvgIpc) is 3.27. The fraction of sp³-hybridized carbons (Fsp3) is 0.391. The molecule has 1 saturated carbocycles. The van der Waals surface area contributed by atoms with Crippen LogP contribution in [0.2, 0.25) is 0 Å². The second kappa shape index (κ2) is 8.72. The highest BCUT2D eigenvalue weighted by Gasteiger charge is 2.42. The number of carbonyl (C=O) groups is 2. The third-order valence-corrected chi connectivity index (χ3v) is 5.70. The molecule has 1 aliphatic heterocycles. The summed E-state index contributed by atoms with van der Waals surface area (Å²) in [7, 11) is 1.44. The van der Waals surface area contributed by atoms with E-state index in [9.17, 15) is 22.8 Å². The molecular weight excluding hydrogens is 427 g/mol. The summed E-state index contributed by atoms with van der Waals surface area (Å²) >= 11 is 0. The molecule has 9 heteroatoms. The van der Waals surface area contributed by atoms with Crippen LogP contribution >= 0.6 is 0 Å². The monoisotopic (exact) mass is 449 g/mol. The molecule has 0 spiro atoms. The summed E-state index contributed by atoms with van der Waals surface area (Å²) in [5.74, 6) is 0.00314. The number of hydrogen-bond acceptors (Lipinski definition) is 5. The topological polar surface area (TPSA) is 73.9 Å². The maximum atomic E-state index is 13.3. The Balaban J connectivity index is 1.68. The minimum absolute atomic E-state index is 0.0503. The van der Waals surface area contributed by atoms with Crippen LogP contribution in [-0.2, 0) is 10.9 Å². The largest absolute Gasteiger partial charge is 0.497 e. The van der Waals surface area contributed by atoms with Crippen molar-refractivity contribution in [2.75, 3.05) is 7.11 Å². The van der Waals surface area contributed by atoms with E-state index in [0.29, 0.717) is 5.75 Å². The standard InChI is InChI=1S/C23H22F3NO5/c1-30-16-9-10-17-18(12-16)31-20(13-5-4-6-14(11-13)23(24,25)26)21(19(17)28)32-22(29)27-15-7-2-3-8-15/h4-6,9-12,15,20-21H,2-3,7-8H2,1H3,(H,27,29)/t20-,21?/m0/s1. The number of hydrogen-bond donors (Lipinski definition) is 1. The molecule has 6 nitrogen and oxygen atoms in total. The van der Waals surface area contributed by atoms with E-state index < -0.39 is 35.8 Å². The first-order chi connectivity index (χ1) is 15.3. The molecule has 1 amide bonds. The Morgan fingerprint density at radius 1 is 1.12 bits per heavy atom. The lowest BCUT2D eigenvalue weighted by molar-refractivity contribution is -0.137. The Morgan fingerprint density at radius 2 is 1.88 bits per heavy atom. The van der Waals surface area contributed by atoms with Crippen molar-refractivity contribution in [3.8, 4) is 11.5 Å². The Morgan fingerprint density at radius 3 is 2.56 bits per heavy atom. The molecule has 1 fully saturated rings. The molecule has 2 aromatic rings. The van der Waals surface area contributed by atoms with E-state index in [1.54, 1.807) is 6.07 Å². The molecular formula is C23H22F3NO5. The summed E-state index contributed by atoms with van der Waals surface area (Å²) < 4.78 is 56.3. The van der Waals surface area contributed by atoms with E-state index in [1.165, 1.54) is 31.4 Å². The van der Waals surface area contributed by atoms with E-state index in [2.05, 4.69) is 5.32 Å². The van der Waals surface area contributed by atoms with Crippen molar-refractivity contribution in [3.63, 3.8) is 0 Å². The average molecular weight is 449 g/mol. The SMILES string of the molecule is COc1ccc2c(c1)O[C@@H](c1cccc(C(F)(F)F)c1)C(OC(=O)NC1CCCC1)C2=O. The fourth-order valence-electron chi connectivity index (χ4n) is 4.06. The van der Waals surface area contributed by atoms with E-state index >= 15 is 0 Å². The van der Waals surface area contributed by atoms with Crippen molar-refractivity contribution >= 4 is 11.9 Å². The normalized spacial score (nSPS) is 20.9. The molecule has 0 saturated heterocycles. The number of carbonyl (C=O) groups excluding carboxylic acids is 2. The van der Waals surface area contributed by atoms with Crippen LogP contribution in [-0.4, -0.2) is 31.1 Å². The van der Waals surface area contributed by atoms with Crippen LogP contribution in [0.1, 0.15) is 53.3 Å². The first-order valence-corrected chi connectivity index (χ1v) is 10.3. The zero-order valence-corrected chi connectivity index (χ0v) is 17.3. The predicted octanol–water partition coefficient (Wildman–Crippen LogP) is 5.07. The number of halogens is 3. The third-order valence-electron chi connectivity index (χ3n) is 5.70. The van der Waals surface area contributed by atoms with E-state index in [-0.39, 0.29) is 22.9 Å². The lowest BCUT2D eigenvalue weighted by Crippen LogP contribution is -2.44. The second-order valence-corrected chi connectivity index (χ2v) is 7.84. The lowest BCUT2D eigenvalue weighted by Gasteiger charge is -2.33. The highest BCUT2D eigenvalue weighted by molar-refractivity contribution is 6.04. The quantitative estimate of drug-likeness (QED) is 0.706. The number of Topliss-reactive ketones (excluding diaryl/α,β-unsaturated/α-hetero) is 1. The molecule has 1 aliphatic carbocycles.